The van der Waals surface area contributed by atoms with E-state index in [4.69, 9.17) is 11.3 Å². The highest BCUT2D eigenvalue weighted by atomic mass is 16.3. The summed E-state index contributed by atoms with van der Waals surface area (Å²) in [6, 6.07) is 51.0. The Morgan fingerprint density at radius 2 is 0.939 bits per heavy atom. The molecule has 0 radical (unpaired) electrons. The minimum atomic E-state index is -0.394. The molecule has 1 nitrogen and oxygen atoms in total. The molecule has 0 saturated carbocycles. The van der Waals surface area contributed by atoms with Gasteiger partial charge in [0.1, 0.15) is 11.2 Å². The van der Waals surface area contributed by atoms with Crippen molar-refractivity contribution in [2.24, 2.45) is 0 Å². The van der Waals surface area contributed by atoms with Gasteiger partial charge in [0.15, 0.2) is 0 Å². The van der Waals surface area contributed by atoms with Crippen LogP contribution in [0.2, 0.25) is 0 Å². The zero-order valence-electron chi connectivity index (χ0n) is 31.3. The molecule has 1 heterocycles. The SMILES string of the molecule is [2H]c1c([2H])c([2H])c(-c2ccc(-c3ccccc3-c3c4ccccc4c(-c4ccc5oc6c7ccccc7ccc6c5c4)c4ccccc34)cc2)c([2H])c1[2H]. The first kappa shape index (κ1) is 23.0. The van der Waals surface area contributed by atoms with Crippen LogP contribution in [0, 0.1) is 0 Å². The Morgan fingerprint density at radius 1 is 0.367 bits per heavy atom. The van der Waals surface area contributed by atoms with E-state index >= 15 is 0 Å². The number of hydrogen-bond acceptors (Lipinski definition) is 1. The van der Waals surface area contributed by atoms with Crippen LogP contribution in [0.5, 0.6) is 0 Å². The smallest absolute Gasteiger partial charge is 0.143 e. The summed E-state index contributed by atoms with van der Waals surface area (Å²) in [7, 11) is 0. The summed E-state index contributed by atoms with van der Waals surface area (Å²) in [6.07, 6.45) is 0. The van der Waals surface area contributed by atoms with Crippen LogP contribution in [0.25, 0.3) is 98.8 Å². The summed E-state index contributed by atoms with van der Waals surface area (Å²) in [5, 5.41) is 9.02. The van der Waals surface area contributed by atoms with E-state index in [1.807, 2.05) is 30.3 Å². The number of hydrogen-bond donors (Lipinski definition) is 0. The third-order valence-corrected chi connectivity index (χ3v) is 9.76. The van der Waals surface area contributed by atoms with Gasteiger partial charge < -0.3 is 4.42 Å². The maximum absolute atomic E-state index is 8.49. The first-order valence-electron chi connectivity index (χ1n) is 18.9. The zero-order chi connectivity index (χ0) is 36.7. The molecule has 49 heavy (non-hydrogen) atoms. The Hall–Kier alpha value is -6.44. The van der Waals surface area contributed by atoms with Gasteiger partial charge in [-0.25, -0.2) is 0 Å². The van der Waals surface area contributed by atoms with Gasteiger partial charge in [0.25, 0.3) is 0 Å². The molecule has 9 aromatic carbocycles. The van der Waals surface area contributed by atoms with Crippen molar-refractivity contribution < 1.29 is 11.3 Å². The van der Waals surface area contributed by atoms with Crippen LogP contribution in [0.1, 0.15) is 6.85 Å². The van der Waals surface area contributed by atoms with Crippen molar-refractivity contribution in [2.75, 3.05) is 0 Å². The van der Waals surface area contributed by atoms with Crippen molar-refractivity contribution in [1.82, 2.24) is 0 Å². The Balaban J connectivity index is 1.17. The molecule has 0 bridgehead atoms. The van der Waals surface area contributed by atoms with E-state index in [2.05, 4.69) is 121 Å². The molecule has 1 aromatic heterocycles. The Labute approximate surface area is 291 Å². The molecule has 10 aromatic rings. The van der Waals surface area contributed by atoms with Gasteiger partial charge in [0.2, 0.25) is 0 Å². The molecule has 0 N–H and O–H groups in total. The second kappa shape index (κ2) is 11.1. The first-order chi connectivity index (χ1) is 26.4. The van der Waals surface area contributed by atoms with Gasteiger partial charge in [-0.15, -0.1) is 0 Å². The molecule has 228 valence electrons. The van der Waals surface area contributed by atoms with E-state index in [0.717, 1.165) is 82.1 Å². The van der Waals surface area contributed by atoms with Gasteiger partial charge in [-0.1, -0.05) is 164 Å². The van der Waals surface area contributed by atoms with Crippen LogP contribution in [0.3, 0.4) is 0 Å². The largest absolute Gasteiger partial charge is 0.455 e. The lowest BCUT2D eigenvalue weighted by Gasteiger charge is -2.20. The molecule has 0 unspecified atom stereocenters. The van der Waals surface area contributed by atoms with E-state index in [0.29, 0.717) is 5.56 Å². The first-order valence-corrected chi connectivity index (χ1v) is 16.4. The number of furan rings is 1. The molecule has 1 heteroatoms. The lowest BCUT2D eigenvalue weighted by molar-refractivity contribution is 0.672. The summed E-state index contributed by atoms with van der Waals surface area (Å²) in [5.74, 6) is 0. The highest BCUT2D eigenvalue weighted by molar-refractivity contribution is 6.23. The summed E-state index contributed by atoms with van der Waals surface area (Å²) in [5.41, 5.74) is 9.04. The van der Waals surface area contributed by atoms with E-state index in [-0.39, 0.29) is 29.7 Å². The molecule has 0 aliphatic carbocycles. The molecular weight excluding hydrogens is 593 g/mol. The topological polar surface area (TPSA) is 13.1 Å². The Bertz CT molecular complexity index is 3070. The molecule has 0 fully saturated rings. The second-order valence-corrected chi connectivity index (χ2v) is 12.4. The predicted octanol–water partition coefficient (Wildman–Crippen LogP) is 13.7. The van der Waals surface area contributed by atoms with Crippen molar-refractivity contribution in [3.63, 3.8) is 0 Å². The molecule has 0 atom stereocenters. The van der Waals surface area contributed by atoms with E-state index < -0.39 is 6.04 Å². The van der Waals surface area contributed by atoms with E-state index in [1.54, 1.807) is 0 Å². The van der Waals surface area contributed by atoms with Crippen molar-refractivity contribution in [3.05, 3.63) is 182 Å². The maximum atomic E-state index is 8.49. The molecule has 10 rings (SSSR count). The van der Waals surface area contributed by atoms with Crippen LogP contribution in [-0.2, 0) is 0 Å². The normalized spacial score (nSPS) is 13.1. The second-order valence-electron chi connectivity index (χ2n) is 12.4. The van der Waals surface area contributed by atoms with Crippen molar-refractivity contribution in [1.29, 1.82) is 0 Å². The Morgan fingerprint density at radius 3 is 1.65 bits per heavy atom. The van der Waals surface area contributed by atoms with Crippen LogP contribution in [0.15, 0.2) is 186 Å². The molecule has 0 aliphatic heterocycles. The summed E-state index contributed by atoms with van der Waals surface area (Å²) >= 11 is 0. The third-order valence-electron chi connectivity index (χ3n) is 9.76. The van der Waals surface area contributed by atoms with Crippen LogP contribution >= 0.6 is 0 Å². The fraction of sp³-hybridized carbons (Fsp3) is 0. The monoisotopic (exact) mass is 627 g/mol. The summed E-state index contributed by atoms with van der Waals surface area (Å²) < 4.78 is 47.8. The number of benzene rings is 9. The van der Waals surface area contributed by atoms with E-state index in [9.17, 15) is 0 Å². The number of rotatable bonds is 4. The third kappa shape index (κ3) is 4.40. The average Bonchev–Trinajstić information content (AvgIpc) is 3.60. The minimum Gasteiger partial charge on any atom is -0.455 e. The van der Waals surface area contributed by atoms with Crippen LogP contribution < -0.4 is 0 Å². The van der Waals surface area contributed by atoms with Gasteiger partial charge in [0, 0.05) is 16.2 Å². The quantitative estimate of drug-likeness (QED) is 0.177. The maximum Gasteiger partial charge on any atom is 0.143 e. The minimum absolute atomic E-state index is 0.198. The highest BCUT2D eigenvalue weighted by Gasteiger charge is 2.20. The van der Waals surface area contributed by atoms with Gasteiger partial charge in [-0.3, -0.25) is 0 Å². The van der Waals surface area contributed by atoms with E-state index in [1.165, 1.54) is 5.56 Å². The summed E-state index contributed by atoms with van der Waals surface area (Å²) in [4.78, 5) is 0. The van der Waals surface area contributed by atoms with Crippen molar-refractivity contribution >= 4 is 54.3 Å². The fourth-order valence-electron chi connectivity index (χ4n) is 7.55. The molecule has 0 saturated heterocycles. The van der Waals surface area contributed by atoms with Crippen LogP contribution in [-0.4, -0.2) is 0 Å². The number of fused-ring (bicyclic) bond motifs is 7. The fourth-order valence-corrected chi connectivity index (χ4v) is 7.55. The standard InChI is InChI=1S/C48H30O/c1-2-12-31(13-3-1)32-22-24-34(25-23-32)36-15-6-7-17-38(36)47-41-20-10-8-18-39(41)46(40-19-9-11-21-42(40)47)35-27-29-45-44(30-35)43-28-26-33-14-4-5-16-37(33)48(43)49-45/h1-30H/i1D,2D,3D,12D,13D. The highest BCUT2D eigenvalue weighted by Crippen LogP contribution is 2.47. The molecule has 0 amide bonds. The van der Waals surface area contributed by atoms with Crippen molar-refractivity contribution in [3.8, 4) is 44.5 Å². The van der Waals surface area contributed by atoms with Gasteiger partial charge >= 0.3 is 0 Å². The van der Waals surface area contributed by atoms with Gasteiger partial charge in [0.05, 0.1) is 6.85 Å². The van der Waals surface area contributed by atoms with Crippen LogP contribution in [0.4, 0.5) is 0 Å². The van der Waals surface area contributed by atoms with Gasteiger partial charge in [-0.2, -0.15) is 0 Å². The van der Waals surface area contributed by atoms with Crippen molar-refractivity contribution in [2.45, 2.75) is 0 Å². The lowest BCUT2D eigenvalue weighted by Crippen LogP contribution is -1.92. The molecule has 0 spiro atoms. The Kier molecular flexibility index (Phi) is 5.20. The molecular formula is C48H30O. The molecule has 0 aliphatic rings. The van der Waals surface area contributed by atoms with Gasteiger partial charge in [-0.05, 0) is 89.6 Å². The average molecular weight is 628 g/mol. The summed E-state index contributed by atoms with van der Waals surface area (Å²) in [6.45, 7) is 0. The zero-order valence-corrected chi connectivity index (χ0v) is 26.3. The predicted molar refractivity (Wildman–Crippen MR) is 208 cm³/mol. The lowest BCUT2D eigenvalue weighted by atomic mass is 9.83.